The quantitative estimate of drug-likeness (QED) is 0.403. The standard InChI is InChI=1S/C21H22BrClN4OS/c1-4-9-27-20(15-5-7-17(23)8-6-15)25-26-21(27)29-12-18(28)24-19-13(2)10-16(22)11-14(19)3/h5-8,10-11H,4,9,12H2,1-3H3,(H,24,28). The number of nitrogens with one attached hydrogen (secondary N) is 1. The fraction of sp³-hybridized carbons (Fsp3) is 0.286. The van der Waals surface area contributed by atoms with Crippen LogP contribution in [0.5, 0.6) is 0 Å². The van der Waals surface area contributed by atoms with Crippen LogP contribution < -0.4 is 5.32 Å². The van der Waals surface area contributed by atoms with Gasteiger partial charge in [0.25, 0.3) is 0 Å². The number of carbonyl (C=O) groups is 1. The van der Waals surface area contributed by atoms with Crippen molar-refractivity contribution in [1.29, 1.82) is 0 Å². The molecule has 2 aromatic carbocycles. The second-order valence-corrected chi connectivity index (χ2v) is 9.01. The number of nitrogens with zero attached hydrogens (tertiary/aromatic N) is 3. The molecule has 152 valence electrons. The number of hydrogen-bond donors (Lipinski definition) is 1. The molecule has 0 spiro atoms. The van der Waals surface area contributed by atoms with Gasteiger partial charge in [-0.25, -0.2) is 0 Å². The van der Waals surface area contributed by atoms with Crippen LogP contribution in [0.2, 0.25) is 5.02 Å². The van der Waals surface area contributed by atoms with E-state index in [9.17, 15) is 4.79 Å². The highest BCUT2D eigenvalue weighted by atomic mass is 79.9. The number of hydrogen-bond acceptors (Lipinski definition) is 4. The van der Waals surface area contributed by atoms with Crippen LogP contribution in [0.15, 0.2) is 46.0 Å². The van der Waals surface area contributed by atoms with Gasteiger partial charge >= 0.3 is 0 Å². The van der Waals surface area contributed by atoms with E-state index < -0.39 is 0 Å². The molecule has 0 fully saturated rings. The van der Waals surface area contributed by atoms with E-state index in [1.807, 2.05) is 50.2 Å². The maximum atomic E-state index is 12.5. The molecule has 1 amide bonds. The van der Waals surface area contributed by atoms with Crippen molar-refractivity contribution in [2.75, 3.05) is 11.1 Å². The average Bonchev–Trinajstić information content (AvgIpc) is 3.06. The van der Waals surface area contributed by atoms with Crippen LogP contribution in [0.1, 0.15) is 24.5 Å². The number of carbonyl (C=O) groups excluding carboxylic acids is 1. The summed E-state index contributed by atoms with van der Waals surface area (Å²) in [5.74, 6) is 0.978. The second kappa shape index (κ2) is 9.78. The van der Waals surface area contributed by atoms with Crippen LogP contribution in [0, 0.1) is 13.8 Å². The molecule has 8 heteroatoms. The zero-order valence-electron chi connectivity index (χ0n) is 16.5. The molecule has 0 bridgehead atoms. The van der Waals surface area contributed by atoms with Gasteiger partial charge in [0, 0.05) is 27.3 Å². The van der Waals surface area contributed by atoms with Crippen LogP contribution in [0.4, 0.5) is 5.69 Å². The van der Waals surface area contributed by atoms with Gasteiger partial charge in [0.15, 0.2) is 11.0 Å². The first-order chi connectivity index (χ1) is 13.9. The molecule has 0 aliphatic carbocycles. The van der Waals surface area contributed by atoms with E-state index in [0.717, 1.165) is 50.8 Å². The van der Waals surface area contributed by atoms with E-state index in [2.05, 4.69) is 42.9 Å². The topological polar surface area (TPSA) is 59.8 Å². The Balaban J connectivity index is 1.73. The number of aromatic nitrogens is 3. The van der Waals surface area contributed by atoms with Crippen molar-refractivity contribution in [2.45, 2.75) is 38.9 Å². The van der Waals surface area contributed by atoms with Gasteiger partial charge in [-0.1, -0.05) is 46.2 Å². The SMILES string of the molecule is CCCn1c(SCC(=O)Nc2c(C)cc(Br)cc2C)nnc1-c1ccc(Cl)cc1. The Kier molecular flexibility index (Phi) is 7.38. The van der Waals surface area contributed by atoms with Crippen molar-refractivity contribution in [2.24, 2.45) is 0 Å². The van der Waals surface area contributed by atoms with Crippen LogP contribution in [-0.4, -0.2) is 26.4 Å². The Labute approximate surface area is 188 Å². The summed E-state index contributed by atoms with van der Waals surface area (Å²) in [6.07, 6.45) is 0.940. The molecule has 0 saturated carbocycles. The number of aryl methyl sites for hydroxylation is 2. The maximum Gasteiger partial charge on any atom is 0.234 e. The van der Waals surface area contributed by atoms with Crippen molar-refractivity contribution in [3.8, 4) is 11.4 Å². The highest BCUT2D eigenvalue weighted by Crippen LogP contribution is 2.27. The first-order valence-corrected chi connectivity index (χ1v) is 11.4. The molecule has 29 heavy (non-hydrogen) atoms. The minimum atomic E-state index is -0.0670. The van der Waals surface area contributed by atoms with Gasteiger partial charge in [-0.2, -0.15) is 0 Å². The molecule has 0 aliphatic rings. The van der Waals surface area contributed by atoms with Gasteiger partial charge < -0.3 is 9.88 Å². The van der Waals surface area contributed by atoms with Crippen molar-refractivity contribution in [3.05, 3.63) is 57.0 Å². The summed E-state index contributed by atoms with van der Waals surface area (Å²) in [5.41, 5.74) is 3.85. The lowest BCUT2D eigenvalue weighted by molar-refractivity contribution is -0.113. The van der Waals surface area contributed by atoms with Gasteiger partial charge in [0.1, 0.15) is 0 Å². The van der Waals surface area contributed by atoms with Gasteiger partial charge in [-0.3, -0.25) is 4.79 Å². The minimum Gasteiger partial charge on any atom is -0.325 e. The fourth-order valence-electron chi connectivity index (χ4n) is 3.05. The summed E-state index contributed by atoms with van der Waals surface area (Å²) in [6, 6.07) is 11.5. The Bertz CT molecular complexity index is 997. The Hall–Kier alpha value is -1.83. The Morgan fingerprint density at radius 1 is 1.17 bits per heavy atom. The van der Waals surface area contributed by atoms with Crippen molar-refractivity contribution in [1.82, 2.24) is 14.8 Å². The number of amides is 1. The molecule has 1 heterocycles. The Morgan fingerprint density at radius 3 is 2.45 bits per heavy atom. The molecule has 1 aromatic heterocycles. The first kappa shape index (κ1) is 21.9. The molecule has 5 nitrogen and oxygen atoms in total. The van der Waals surface area contributed by atoms with E-state index in [1.54, 1.807) is 0 Å². The van der Waals surface area contributed by atoms with E-state index >= 15 is 0 Å². The third-order valence-electron chi connectivity index (χ3n) is 4.36. The summed E-state index contributed by atoms with van der Waals surface area (Å²) >= 11 is 10.9. The van der Waals surface area contributed by atoms with Crippen LogP contribution in [-0.2, 0) is 11.3 Å². The van der Waals surface area contributed by atoms with Gasteiger partial charge in [-0.05, 0) is 67.8 Å². The molecular formula is C21H22BrClN4OS. The van der Waals surface area contributed by atoms with Crippen molar-refractivity contribution in [3.63, 3.8) is 0 Å². The van der Waals surface area contributed by atoms with E-state index in [4.69, 9.17) is 11.6 Å². The van der Waals surface area contributed by atoms with E-state index in [0.29, 0.717) is 5.02 Å². The third kappa shape index (κ3) is 5.41. The third-order valence-corrected chi connectivity index (χ3v) is 6.04. The van der Waals surface area contributed by atoms with Crippen LogP contribution in [0.25, 0.3) is 11.4 Å². The van der Waals surface area contributed by atoms with Crippen LogP contribution >= 0.6 is 39.3 Å². The lowest BCUT2D eigenvalue weighted by atomic mass is 10.1. The molecule has 3 aromatic rings. The summed E-state index contributed by atoms with van der Waals surface area (Å²) < 4.78 is 3.05. The number of thioether (sulfide) groups is 1. The number of halogens is 2. The zero-order chi connectivity index (χ0) is 21.0. The maximum absolute atomic E-state index is 12.5. The smallest absolute Gasteiger partial charge is 0.234 e. The Morgan fingerprint density at radius 2 is 1.83 bits per heavy atom. The highest BCUT2D eigenvalue weighted by molar-refractivity contribution is 9.10. The largest absolute Gasteiger partial charge is 0.325 e. The van der Waals surface area contributed by atoms with E-state index in [-0.39, 0.29) is 11.7 Å². The lowest BCUT2D eigenvalue weighted by Crippen LogP contribution is -2.16. The fourth-order valence-corrected chi connectivity index (χ4v) is 4.62. The van der Waals surface area contributed by atoms with Gasteiger partial charge in [0.05, 0.1) is 5.75 Å². The normalized spacial score (nSPS) is 10.9. The van der Waals surface area contributed by atoms with Crippen molar-refractivity contribution < 1.29 is 4.79 Å². The molecule has 0 saturated heterocycles. The molecule has 1 N–H and O–H groups in total. The summed E-state index contributed by atoms with van der Waals surface area (Å²) in [7, 11) is 0. The highest BCUT2D eigenvalue weighted by Gasteiger charge is 2.16. The molecule has 0 atom stereocenters. The number of benzene rings is 2. The number of rotatable bonds is 7. The molecule has 0 radical (unpaired) electrons. The molecule has 0 aliphatic heterocycles. The molecular weight excluding hydrogens is 472 g/mol. The summed E-state index contributed by atoms with van der Waals surface area (Å²) in [6.45, 7) is 6.85. The molecule has 0 unspecified atom stereocenters. The van der Waals surface area contributed by atoms with Gasteiger partial charge in [0.2, 0.25) is 5.91 Å². The van der Waals surface area contributed by atoms with Crippen LogP contribution in [0.3, 0.4) is 0 Å². The summed E-state index contributed by atoms with van der Waals surface area (Å²) in [4.78, 5) is 12.5. The second-order valence-electron chi connectivity index (χ2n) is 6.72. The average molecular weight is 494 g/mol. The lowest BCUT2D eigenvalue weighted by Gasteiger charge is -2.12. The van der Waals surface area contributed by atoms with Gasteiger partial charge in [-0.15, -0.1) is 10.2 Å². The van der Waals surface area contributed by atoms with E-state index in [1.165, 1.54) is 11.8 Å². The summed E-state index contributed by atoms with van der Waals surface area (Å²) in [5, 5.41) is 13.1. The molecule has 3 rings (SSSR count). The predicted octanol–water partition coefficient (Wildman–Crippen LogP) is 6.12. The van der Waals surface area contributed by atoms with Crippen molar-refractivity contribution >= 4 is 50.9 Å². The first-order valence-electron chi connectivity index (χ1n) is 9.27. The zero-order valence-corrected chi connectivity index (χ0v) is 19.7. The monoisotopic (exact) mass is 492 g/mol. The minimum absolute atomic E-state index is 0.0670. The number of anilines is 1. The predicted molar refractivity (Wildman–Crippen MR) is 124 cm³/mol.